The van der Waals surface area contributed by atoms with E-state index in [2.05, 4.69) is 34.7 Å². The van der Waals surface area contributed by atoms with Crippen molar-refractivity contribution in [1.29, 1.82) is 0 Å². The van der Waals surface area contributed by atoms with Gasteiger partial charge in [0.25, 0.3) is 5.91 Å². The van der Waals surface area contributed by atoms with Crippen LogP contribution >= 0.6 is 0 Å². The first kappa shape index (κ1) is 14.2. The second-order valence-corrected chi connectivity index (χ2v) is 4.83. The molecule has 1 amide bonds. The first-order chi connectivity index (χ1) is 9.61. The molecule has 1 aromatic heterocycles. The smallest absolute Gasteiger partial charge is 0.261 e. The summed E-state index contributed by atoms with van der Waals surface area (Å²) in [6.07, 6.45) is 0.999. The summed E-state index contributed by atoms with van der Waals surface area (Å²) in [5.41, 5.74) is 5.10. The van der Waals surface area contributed by atoms with Crippen molar-refractivity contribution < 1.29 is 4.79 Å². The van der Waals surface area contributed by atoms with Crippen LogP contribution in [-0.2, 0) is 11.3 Å². The van der Waals surface area contributed by atoms with Gasteiger partial charge in [0.15, 0.2) is 0 Å². The van der Waals surface area contributed by atoms with Crippen LogP contribution in [0.4, 0.5) is 0 Å². The van der Waals surface area contributed by atoms with Gasteiger partial charge in [0.1, 0.15) is 12.1 Å². The van der Waals surface area contributed by atoms with Crippen LogP contribution in [-0.4, -0.2) is 26.6 Å². The van der Waals surface area contributed by atoms with Gasteiger partial charge in [-0.05, 0) is 31.4 Å². The zero-order valence-corrected chi connectivity index (χ0v) is 12.0. The summed E-state index contributed by atoms with van der Waals surface area (Å²) in [4.78, 5) is 11.9. The summed E-state index contributed by atoms with van der Waals surface area (Å²) >= 11 is 0. The molecule has 0 aliphatic carbocycles. The molecule has 0 aliphatic rings. The number of nitrogens with zero attached hydrogens (tertiary/aromatic N) is 4. The Morgan fingerprint density at radius 3 is 2.95 bits per heavy atom. The van der Waals surface area contributed by atoms with Crippen LogP contribution in [0.2, 0.25) is 0 Å². The first-order valence-corrected chi connectivity index (χ1v) is 6.73. The number of fused-ring (bicyclic) bond motifs is 1. The third-order valence-corrected chi connectivity index (χ3v) is 3.40. The number of amides is 1. The van der Waals surface area contributed by atoms with Crippen molar-refractivity contribution in [3.63, 3.8) is 0 Å². The maximum Gasteiger partial charge on any atom is 0.261 e. The highest BCUT2D eigenvalue weighted by Gasteiger charge is 2.08. The molecule has 2 rings (SSSR count). The summed E-state index contributed by atoms with van der Waals surface area (Å²) < 4.78 is 1.57. The molecule has 0 unspecified atom stereocenters. The molecule has 6 heteroatoms. The highest BCUT2D eigenvalue weighted by molar-refractivity contribution is 5.86. The van der Waals surface area contributed by atoms with Crippen molar-refractivity contribution in [3.05, 3.63) is 24.3 Å². The van der Waals surface area contributed by atoms with Gasteiger partial charge >= 0.3 is 0 Å². The van der Waals surface area contributed by atoms with Crippen LogP contribution in [0.5, 0.6) is 0 Å². The van der Waals surface area contributed by atoms with E-state index in [0.29, 0.717) is 5.92 Å². The van der Waals surface area contributed by atoms with Crippen LogP contribution in [0.1, 0.15) is 27.2 Å². The third-order valence-electron chi connectivity index (χ3n) is 3.40. The van der Waals surface area contributed by atoms with E-state index < -0.39 is 0 Å². The number of hydrogen-bond acceptors (Lipinski definition) is 4. The van der Waals surface area contributed by atoms with E-state index in [1.165, 1.54) is 0 Å². The molecule has 20 heavy (non-hydrogen) atoms. The Bertz CT molecular complexity index is 631. The lowest BCUT2D eigenvalue weighted by Gasteiger charge is -2.08. The van der Waals surface area contributed by atoms with Gasteiger partial charge in [-0.1, -0.05) is 31.2 Å². The fraction of sp³-hybridized carbons (Fsp3) is 0.429. The van der Waals surface area contributed by atoms with Gasteiger partial charge in [-0.25, -0.2) is 10.1 Å². The fourth-order valence-electron chi connectivity index (χ4n) is 1.76. The van der Waals surface area contributed by atoms with E-state index in [1.54, 1.807) is 4.68 Å². The van der Waals surface area contributed by atoms with Crippen molar-refractivity contribution in [2.75, 3.05) is 0 Å². The van der Waals surface area contributed by atoms with Crippen molar-refractivity contribution in [3.8, 4) is 0 Å². The van der Waals surface area contributed by atoms with Crippen molar-refractivity contribution in [1.82, 2.24) is 20.4 Å². The average molecular weight is 273 g/mol. The summed E-state index contributed by atoms with van der Waals surface area (Å²) in [5.74, 6) is 0.158. The molecule has 0 fully saturated rings. The molecule has 1 heterocycles. The van der Waals surface area contributed by atoms with E-state index >= 15 is 0 Å². The van der Waals surface area contributed by atoms with E-state index in [-0.39, 0.29) is 12.5 Å². The number of para-hydroxylation sites is 1. The van der Waals surface area contributed by atoms with Crippen LogP contribution in [0.25, 0.3) is 11.0 Å². The molecule has 106 valence electrons. The zero-order valence-electron chi connectivity index (χ0n) is 12.0. The van der Waals surface area contributed by atoms with E-state index in [1.807, 2.05) is 31.2 Å². The number of hydrogen-bond donors (Lipinski definition) is 1. The lowest BCUT2D eigenvalue weighted by molar-refractivity contribution is -0.121. The second kappa shape index (κ2) is 6.27. The molecule has 0 bridgehead atoms. The monoisotopic (exact) mass is 273 g/mol. The Labute approximate surface area is 117 Å². The molecule has 2 aromatic rings. The predicted octanol–water partition coefficient (Wildman–Crippen LogP) is 1.97. The fourth-order valence-corrected chi connectivity index (χ4v) is 1.76. The quantitative estimate of drug-likeness (QED) is 0.668. The van der Waals surface area contributed by atoms with Gasteiger partial charge in [-0.3, -0.25) is 4.79 Å². The Kier molecular flexibility index (Phi) is 4.45. The molecule has 0 saturated heterocycles. The number of nitrogens with one attached hydrogen (secondary N) is 1. The zero-order chi connectivity index (χ0) is 14.5. The van der Waals surface area contributed by atoms with E-state index in [9.17, 15) is 4.79 Å². The summed E-state index contributed by atoms with van der Waals surface area (Å²) in [7, 11) is 0. The number of aromatic nitrogens is 3. The maximum absolute atomic E-state index is 11.9. The van der Waals surface area contributed by atoms with Gasteiger partial charge in [-0.2, -0.15) is 5.10 Å². The van der Waals surface area contributed by atoms with Crippen LogP contribution < -0.4 is 5.43 Å². The lowest BCUT2D eigenvalue weighted by atomic mass is 10.1. The molecule has 6 nitrogen and oxygen atoms in total. The molecule has 0 aliphatic heterocycles. The van der Waals surface area contributed by atoms with Gasteiger partial charge in [0, 0.05) is 5.71 Å². The van der Waals surface area contributed by atoms with Crippen LogP contribution in [0, 0.1) is 5.92 Å². The molecular formula is C14H19N5O. The largest absolute Gasteiger partial charge is 0.271 e. The normalized spacial score (nSPS) is 13.4. The Hall–Kier alpha value is -2.24. The SMILES string of the molecule is CC[C@H](C)/C(C)=N\NC(=O)Cn1nnc2ccccc21. The van der Waals surface area contributed by atoms with Gasteiger partial charge < -0.3 is 0 Å². The minimum Gasteiger partial charge on any atom is -0.271 e. The number of hydrazone groups is 1. The van der Waals surface area contributed by atoms with Crippen LogP contribution in [0.15, 0.2) is 29.4 Å². The molecule has 1 aromatic carbocycles. The van der Waals surface area contributed by atoms with Gasteiger partial charge in [0.2, 0.25) is 0 Å². The number of benzene rings is 1. The van der Waals surface area contributed by atoms with Crippen molar-refractivity contribution in [2.45, 2.75) is 33.7 Å². The Morgan fingerprint density at radius 2 is 2.20 bits per heavy atom. The van der Waals surface area contributed by atoms with Crippen molar-refractivity contribution >= 4 is 22.7 Å². The van der Waals surface area contributed by atoms with Gasteiger partial charge in [-0.15, -0.1) is 5.10 Å². The standard InChI is InChI=1S/C14H19N5O/c1-4-10(2)11(3)15-17-14(20)9-19-13-8-6-5-7-12(13)16-18-19/h5-8,10H,4,9H2,1-3H3,(H,17,20)/b15-11-/t10-/m0/s1. The molecular weight excluding hydrogens is 254 g/mol. The number of carbonyl (C=O) groups is 1. The highest BCUT2D eigenvalue weighted by Crippen LogP contribution is 2.09. The lowest BCUT2D eigenvalue weighted by Crippen LogP contribution is -2.25. The topological polar surface area (TPSA) is 72.2 Å². The minimum absolute atomic E-state index is 0.109. The number of rotatable bonds is 5. The number of carbonyl (C=O) groups excluding carboxylic acids is 1. The molecule has 1 atom stereocenters. The molecule has 1 N–H and O–H groups in total. The Balaban J connectivity index is 2.02. The predicted molar refractivity (Wildman–Crippen MR) is 78.2 cm³/mol. The minimum atomic E-state index is -0.205. The molecule has 0 saturated carbocycles. The summed E-state index contributed by atoms with van der Waals surface area (Å²) in [6.45, 7) is 6.19. The maximum atomic E-state index is 11.9. The van der Waals surface area contributed by atoms with E-state index in [0.717, 1.165) is 23.2 Å². The summed E-state index contributed by atoms with van der Waals surface area (Å²) in [5, 5.41) is 12.1. The second-order valence-electron chi connectivity index (χ2n) is 4.83. The average Bonchev–Trinajstić information content (AvgIpc) is 2.87. The molecule has 0 spiro atoms. The summed E-state index contributed by atoms with van der Waals surface area (Å²) in [6, 6.07) is 7.53. The molecule has 0 radical (unpaired) electrons. The highest BCUT2D eigenvalue weighted by atomic mass is 16.2. The van der Waals surface area contributed by atoms with E-state index in [4.69, 9.17) is 0 Å². The van der Waals surface area contributed by atoms with Crippen LogP contribution in [0.3, 0.4) is 0 Å². The third kappa shape index (κ3) is 3.20. The Morgan fingerprint density at radius 1 is 1.45 bits per heavy atom. The van der Waals surface area contributed by atoms with Crippen molar-refractivity contribution in [2.24, 2.45) is 11.0 Å². The van der Waals surface area contributed by atoms with Gasteiger partial charge in [0.05, 0.1) is 5.52 Å². The first-order valence-electron chi connectivity index (χ1n) is 6.73.